The fourth-order valence-electron chi connectivity index (χ4n) is 2.82. The lowest BCUT2D eigenvalue weighted by Crippen LogP contribution is -2.46. The molecular weight excluding hydrogens is 250 g/mol. The third kappa shape index (κ3) is 3.67. The number of anilines is 1. The normalized spacial score (nSPS) is 21.1. The van der Waals surface area contributed by atoms with Crippen molar-refractivity contribution in [3.8, 4) is 0 Å². The molecule has 2 heterocycles. The van der Waals surface area contributed by atoms with Crippen LogP contribution in [0.1, 0.15) is 24.4 Å². The van der Waals surface area contributed by atoms with Crippen LogP contribution in [0.25, 0.3) is 0 Å². The Labute approximate surface area is 121 Å². The van der Waals surface area contributed by atoms with Gasteiger partial charge < -0.3 is 10.2 Å². The Morgan fingerprint density at radius 2 is 1.85 bits per heavy atom. The van der Waals surface area contributed by atoms with E-state index in [-0.39, 0.29) is 0 Å². The van der Waals surface area contributed by atoms with Crippen LogP contribution in [0.15, 0.2) is 6.07 Å². The van der Waals surface area contributed by atoms with Crippen LogP contribution < -0.4 is 5.32 Å². The number of aryl methyl sites for hydroxylation is 1. The van der Waals surface area contributed by atoms with E-state index in [9.17, 15) is 0 Å². The summed E-state index contributed by atoms with van der Waals surface area (Å²) >= 11 is 0. The highest BCUT2D eigenvalue weighted by Crippen LogP contribution is 2.29. The molecule has 0 bridgehead atoms. The molecule has 5 nitrogen and oxygen atoms in total. The van der Waals surface area contributed by atoms with Crippen LogP contribution in [0.2, 0.25) is 0 Å². The maximum atomic E-state index is 4.55. The molecule has 20 heavy (non-hydrogen) atoms. The molecular formula is C15H25N5. The van der Waals surface area contributed by atoms with Gasteiger partial charge in [0.05, 0.1) is 6.54 Å². The van der Waals surface area contributed by atoms with Gasteiger partial charge in [0, 0.05) is 51.5 Å². The summed E-state index contributed by atoms with van der Waals surface area (Å²) < 4.78 is 0. The number of nitrogens with one attached hydrogen (secondary N) is 1. The average molecular weight is 275 g/mol. The molecule has 1 aromatic heterocycles. The molecule has 1 aromatic rings. The molecule has 2 aliphatic rings. The van der Waals surface area contributed by atoms with E-state index in [1.807, 2.05) is 20.0 Å². The predicted molar refractivity (Wildman–Crippen MR) is 80.8 cm³/mol. The van der Waals surface area contributed by atoms with Crippen molar-refractivity contribution in [2.75, 3.05) is 45.1 Å². The lowest BCUT2D eigenvalue weighted by molar-refractivity contribution is 0.121. The molecule has 2 fully saturated rings. The van der Waals surface area contributed by atoms with Gasteiger partial charge in [0.25, 0.3) is 0 Å². The van der Waals surface area contributed by atoms with Crippen molar-refractivity contribution in [3.63, 3.8) is 0 Å². The Bertz CT molecular complexity index is 450. The highest BCUT2D eigenvalue weighted by molar-refractivity contribution is 5.34. The summed E-state index contributed by atoms with van der Waals surface area (Å²) in [7, 11) is 1.90. The molecule has 0 unspecified atom stereocenters. The van der Waals surface area contributed by atoms with Gasteiger partial charge in [0.1, 0.15) is 11.6 Å². The monoisotopic (exact) mass is 275 g/mol. The van der Waals surface area contributed by atoms with Crippen LogP contribution in [0.5, 0.6) is 0 Å². The zero-order valence-corrected chi connectivity index (χ0v) is 12.6. The van der Waals surface area contributed by atoms with Crippen molar-refractivity contribution in [1.82, 2.24) is 19.8 Å². The van der Waals surface area contributed by atoms with Crippen LogP contribution in [0.3, 0.4) is 0 Å². The topological polar surface area (TPSA) is 44.3 Å². The molecule has 1 saturated heterocycles. The van der Waals surface area contributed by atoms with Crippen LogP contribution in [0, 0.1) is 12.8 Å². The van der Waals surface area contributed by atoms with Crippen LogP contribution in [0.4, 0.5) is 5.82 Å². The second-order valence-corrected chi connectivity index (χ2v) is 6.08. The molecule has 0 aromatic carbocycles. The van der Waals surface area contributed by atoms with Gasteiger partial charge >= 0.3 is 0 Å². The summed E-state index contributed by atoms with van der Waals surface area (Å²) in [6, 6.07) is 1.98. The van der Waals surface area contributed by atoms with E-state index in [1.54, 1.807) is 0 Å². The molecule has 0 atom stereocenters. The van der Waals surface area contributed by atoms with Crippen molar-refractivity contribution in [2.24, 2.45) is 5.92 Å². The second kappa shape index (κ2) is 6.06. The highest BCUT2D eigenvalue weighted by Gasteiger charge is 2.26. The first kappa shape index (κ1) is 13.8. The highest BCUT2D eigenvalue weighted by atomic mass is 15.3. The summed E-state index contributed by atoms with van der Waals surface area (Å²) in [5.41, 5.74) is 1.03. The summed E-state index contributed by atoms with van der Waals surface area (Å²) in [5, 5.41) is 3.10. The fraction of sp³-hybridized carbons (Fsp3) is 0.733. The van der Waals surface area contributed by atoms with E-state index in [0.717, 1.165) is 42.9 Å². The largest absolute Gasteiger partial charge is 0.373 e. The third-order valence-corrected chi connectivity index (χ3v) is 4.20. The van der Waals surface area contributed by atoms with Gasteiger partial charge in [-0.15, -0.1) is 0 Å². The van der Waals surface area contributed by atoms with E-state index in [2.05, 4.69) is 25.1 Å². The first-order valence-corrected chi connectivity index (χ1v) is 7.70. The van der Waals surface area contributed by atoms with E-state index in [4.69, 9.17) is 0 Å². The number of nitrogens with zero attached hydrogens (tertiary/aromatic N) is 4. The molecule has 1 N–H and O–H groups in total. The number of aromatic nitrogens is 2. The SMILES string of the molecule is CNc1cc(C)nc(CN2CCN(CC3CC3)CC2)n1. The standard InChI is InChI=1S/C15H25N5/c1-12-9-14(16-2)18-15(17-12)11-20-7-5-19(6-8-20)10-13-3-4-13/h9,13H,3-8,10-11H2,1-2H3,(H,16,17,18). The number of hydrogen-bond donors (Lipinski definition) is 1. The maximum absolute atomic E-state index is 4.55. The quantitative estimate of drug-likeness (QED) is 0.879. The Kier molecular flexibility index (Phi) is 4.17. The lowest BCUT2D eigenvalue weighted by Gasteiger charge is -2.34. The van der Waals surface area contributed by atoms with Crippen molar-refractivity contribution < 1.29 is 0 Å². The van der Waals surface area contributed by atoms with Crippen molar-refractivity contribution in [3.05, 3.63) is 17.6 Å². The summed E-state index contributed by atoms with van der Waals surface area (Å²) in [6.45, 7) is 8.88. The second-order valence-electron chi connectivity index (χ2n) is 6.08. The van der Waals surface area contributed by atoms with E-state index in [1.165, 1.54) is 32.5 Å². The third-order valence-electron chi connectivity index (χ3n) is 4.20. The molecule has 5 heteroatoms. The van der Waals surface area contributed by atoms with Gasteiger partial charge in [-0.05, 0) is 25.7 Å². The van der Waals surface area contributed by atoms with Crippen molar-refractivity contribution in [2.45, 2.75) is 26.3 Å². The molecule has 1 aliphatic heterocycles. The van der Waals surface area contributed by atoms with Gasteiger partial charge in [-0.3, -0.25) is 4.90 Å². The maximum Gasteiger partial charge on any atom is 0.144 e. The molecule has 0 amide bonds. The predicted octanol–water partition coefficient (Wildman–Crippen LogP) is 1.35. The Balaban J connectivity index is 1.52. The number of rotatable bonds is 5. The van der Waals surface area contributed by atoms with Crippen LogP contribution >= 0.6 is 0 Å². The number of hydrogen-bond acceptors (Lipinski definition) is 5. The van der Waals surface area contributed by atoms with Crippen molar-refractivity contribution in [1.29, 1.82) is 0 Å². The minimum Gasteiger partial charge on any atom is -0.373 e. The van der Waals surface area contributed by atoms with E-state index in [0.29, 0.717) is 0 Å². The van der Waals surface area contributed by atoms with Crippen molar-refractivity contribution >= 4 is 5.82 Å². The average Bonchev–Trinajstić information content (AvgIpc) is 3.24. The van der Waals surface area contributed by atoms with Crippen LogP contribution in [-0.4, -0.2) is 59.5 Å². The Morgan fingerprint density at radius 3 is 2.50 bits per heavy atom. The van der Waals surface area contributed by atoms with Gasteiger partial charge in [-0.1, -0.05) is 0 Å². The van der Waals surface area contributed by atoms with Gasteiger partial charge in [0.2, 0.25) is 0 Å². The fourth-order valence-corrected chi connectivity index (χ4v) is 2.82. The molecule has 0 radical (unpaired) electrons. The van der Waals surface area contributed by atoms with Gasteiger partial charge in [-0.2, -0.15) is 0 Å². The first-order chi connectivity index (χ1) is 9.72. The molecule has 110 valence electrons. The Hall–Kier alpha value is -1.20. The zero-order valence-electron chi connectivity index (χ0n) is 12.6. The summed E-state index contributed by atoms with van der Waals surface area (Å²) in [4.78, 5) is 14.2. The Morgan fingerprint density at radius 1 is 1.15 bits per heavy atom. The minimum absolute atomic E-state index is 0.869. The molecule has 3 rings (SSSR count). The zero-order chi connectivity index (χ0) is 13.9. The summed E-state index contributed by atoms with van der Waals surface area (Å²) in [5.74, 6) is 2.85. The first-order valence-electron chi connectivity index (χ1n) is 7.70. The molecule has 1 saturated carbocycles. The summed E-state index contributed by atoms with van der Waals surface area (Å²) in [6.07, 6.45) is 2.90. The number of piperazine rings is 1. The van der Waals surface area contributed by atoms with Gasteiger partial charge in [-0.25, -0.2) is 9.97 Å². The van der Waals surface area contributed by atoms with Gasteiger partial charge in [0.15, 0.2) is 0 Å². The molecule has 1 aliphatic carbocycles. The lowest BCUT2D eigenvalue weighted by atomic mass is 10.2. The molecule has 0 spiro atoms. The smallest absolute Gasteiger partial charge is 0.144 e. The van der Waals surface area contributed by atoms with Crippen LogP contribution in [-0.2, 0) is 6.54 Å². The van der Waals surface area contributed by atoms with E-state index < -0.39 is 0 Å². The van der Waals surface area contributed by atoms with E-state index >= 15 is 0 Å². The minimum atomic E-state index is 0.869.